The SMILES string of the molecule is Nc1ccc(CC(=O)Nc2ccc(N3CCOCC3)cc2)cc1. The first-order valence-corrected chi connectivity index (χ1v) is 7.78. The lowest BCUT2D eigenvalue weighted by atomic mass is 10.1. The van der Waals surface area contributed by atoms with Gasteiger partial charge in [0.25, 0.3) is 0 Å². The Morgan fingerprint density at radius 2 is 1.70 bits per heavy atom. The van der Waals surface area contributed by atoms with Gasteiger partial charge < -0.3 is 20.7 Å². The molecule has 1 saturated heterocycles. The lowest BCUT2D eigenvalue weighted by molar-refractivity contribution is -0.115. The van der Waals surface area contributed by atoms with Crippen molar-refractivity contribution in [3.63, 3.8) is 0 Å². The van der Waals surface area contributed by atoms with Gasteiger partial charge >= 0.3 is 0 Å². The monoisotopic (exact) mass is 311 g/mol. The molecular formula is C18H21N3O2. The van der Waals surface area contributed by atoms with Gasteiger partial charge in [-0.05, 0) is 42.0 Å². The summed E-state index contributed by atoms with van der Waals surface area (Å²) in [7, 11) is 0. The van der Waals surface area contributed by atoms with Gasteiger partial charge in [-0.15, -0.1) is 0 Å². The fourth-order valence-corrected chi connectivity index (χ4v) is 2.60. The third-order valence-corrected chi connectivity index (χ3v) is 3.87. The molecule has 0 radical (unpaired) electrons. The third kappa shape index (κ3) is 4.23. The molecule has 1 aliphatic rings. The molecular weight excluding hydrogens is 290 g/mol. The third-order valence-electron chi connectivity index (χ3n) is 3.87. The molecule has 23 heavy (non-hydrogen) atoms. The highest BCUT2D eigenvalue weighted by atomic mass is 16.5. The van der Waals surface area contributed by atoms with Crippen molar-refractivity contribution in [1.29, 1.82) is 0 Å². The fourth-order valence-electron chi connectivity index (χ4n) is 2.60. The Morgan fingerprint density at radius 1 is 1.04 bits per heavy atom. The van der Waals surface area contributed by atoms with E-state index in [0.717, 1.165) is 43.2 Å². The van der Waals surface area contributed by atoms with Crippen LogP contribution in [-0.2, 0) is 16.0 Å². The summed E-state index contributed by atoms with van der Waals surface area (Å²) in [4.78, 5) is 14.4. The maximum absolute atomic E-state index is 12.1. The molecule has 0 spiro atoms. The molecule has 1 fully saturated rings. The summed E-state index contributed by atoms with van der Waals surface area (Å²) in [5.74, 6) is -0.0334. The van der Waals surface area contributed by atoms with Crippen LogP contribution in [0.1, 0.15) is 5.56 Å². The van der Waals surface area contributed by atoms with Gasteiger partial charge in [-0.1, -0.05) is 12.1 Å². The van der Waals surface area contributed by atoms with Gasteiger partial charge in [-0.25, -0.2) is 0 Å². The van der Waals surface area contributed by atoms with Crippen LogP contribution in [0.5, 0.6) is 0 Å². The van der Waals surface area contributed by atoms with E-state index in [4.69, 9.17) is 10.5 Å². The summed E-state index contributed by atoms with van der Waals surface area (Å²) in [6, 6.07) is 15.3. The Kier molecular flexibility index (Phi) is 4.78. The Bertz CT molecular complexity index is 647. The average Bonchev–Trinajstić information content (AvgIpc) is 2.58. The van der Waals surface area contributed by atoms with Gasteiger partial charge in [0.15, 0.2) is 0 Å². The number of anilines is 3. The summed E-state index contributed by atoms with van der Waals surface area (Å²) >= 11 is 0. The lowest BCUT2D eigenvalue weighted by Crippen LogP contribution is -2.36. The van der Waals surface area contributed by atoms with Crippen molar-refractivity contribution in [1.82, 2.24) is 0 Å². The molecule has 0 unspecified atom stereocenters. The van der Waals surface area contributed by atoms with E-state index < -0.39 is 0 Å². The summed E-state index contributed by atoms with van der Waals surface area (Å²) in [6.45, 7) is 3.34. The number of rotatable bonds is 4. The second kappa shape index (κ2) is 7.15. The van der Waals surface area contributed by atoms with E-state index in [1.807, 2.05) is 36.4 Å². The Hall–Kier alpha value is -2.53. The van der Waals surface area contributed by atoms with Crippen molar-refractivity contribution >= 4 is 23.0 Å². The van der Waals surface area contributed by atoms with Crippen LogP contribution in [0.3, 0.4) is 0 Å². The minimum absolute atomic E-state index is 0.0334. The minimum atomic E-state index is -0.0334. The number of benzene rings is 2. The van der Waals surface area contributed by atoms with Crippen molar-refractivity contribution < 1.29 is 9.53 Å². The van der Waals surface area contributed by atoms with Crippen molar-refractivity contribution in [2.24, 2.45) is 0 Å². The number of morpholine rings is 1. The van der Waals surface area contributed by atoms with E-state index in [0.29, 0.717) is 12.1 Å². The molecule has 3 rings (SSSR count). The number of hydrogen-bond acceptors (Lipinski definition) is 4. The van der Waals surface area contributed by atoms with E-state index in [1.165, 1.54) is 0 Å². The van der Waals surface area contributed by atoms with Gasteiger partial charge in [0.2, 0.25) is 5.91 Å². The Labute approximate surface area is 136 Å². The van der Waals surface area contributed by atoms with Crippen LogP contribution in [0.4, 0.5) is 17.1 Å². The van der Waals surface area contributed by atoms with Gasteiger partial charge in [-0.3, -0.25) is 4.79 Å². The van der Waals surface area contributed by atoms with Crippen LogP contribution in [0.15, 0.2) is 48.5 Å². The maximum atomic E-state index is 12.1. The molecule has 1 heterocycles. The number of carbonyl (C=O) groups is 1. The van der Waals surface area contributed by atoms with Crippen LogP contribution >= 0.6 is 0 Å². The zero-order valence-electron chi connectivity index (χ0n) is 13.0. The zero-order chi connectivity index (χ0) is 16.1. The molecule has 3 N–H and O–H groups in total. The molecule has 0 atom stereocenters. The average molecular weight is 311 g/mol. The second-order valence-corrected chi connectivity index (χ2v) is 5.61. The van der Waals surface area contributed by atoms with Crippen molar-refractivity contribution in [3.8, 4) is 0 Å². The second-order valence-electron chi connectivity index (χ2n) is 5.61. The molecule has 1 aliphatic heterocycles. The molecule has 0 aromatic heterocycles. The molecule has 1 amide bonds. The highest BCUT2D eigenvalue weighted by Crippen LogP contribution is 2.19. The van der Waals surface area contributed by atoms with Gasteiger partial charge in [0.05, 0.1) is 19.6 Å². The quantitative estimate of drug-likeness (QED) is 0.850. The van der Waals surface area contributed by atoms with Crippen LogP contribution in [0.25, 0.3) is 0 Å². The highest BCUT2D eigenvalue weighted by Gasteiger charge is 2.11. The Balaban J connectivity index is 1.57. The highest BCUT2D eigenvalue weighted by molar-refractivity contribution is 5.92. The van der Waals surface area contributed by atoms with Crippen molar-refractivity contribution in [2.45, 2.75) is 6.42 Å². The standard InChI is InChI=1S/C18H21N3O2/c19-15-3-1-14(2-4-15)13-18(22)20-16-5-7-17(8-6-16)21-9-11-23-12-10-21/h1-8H,9-13,19H2,(H,20,22). The maximum Gasteiger partial charge on any atom is 0.228 e. The first-order chi connectivity index (χ1) is 11.2. The van der Waals surface area contributed by atoms with Gasteiger partial charge in [0, 0.05) is 30.2 Å². The van der Waals surface area contributed by atoms with Crippen LogP contribution in [0.2, 0.25) is 0 Å². The number of ether oxygens (including phenoxy) is 1. The number of nitrogens with two attached hydrogens (primary N) is 1. The molecule has 120 valence electrons. The summed E-state index contributed by atoms with van der Waals surface area (Å²) < 4.78 is 5.35. The lowest BCUT2D eigenvalue weighted by Gasteiger charge is -2.28. The predicted octanol–water partition coefficient (Wildman–Crippen LogP) is 2.29. The number of nitrogens with one attached hydrogen (secondary N) is 1. The van der Waals surface area contributed by atoms with E-state index in [1.54, 1.807) is 12.1 Å². The van der Waals surface area contributed by atoms with E-state index >= 15 is 0 Å². The fraction of sp³-hybridized carbons (Fsp3) is 0.278. The number of nitrogen functional groups attached to an aromatic ring is 1. The smallest absolute Gasteiger partial charge is 0.228 e. The molecule has 0 bridgehead atoms. The molecule has 5 nitrogen and oxygen atoms in total. The molecule has 2 aromatic rings. The number of hydrogen-bond donors (Lipinski definition) is 2. The van der Waals surface area contributed by atoms with Gasteiger partial charge in [0.1, 0.15) is 0 Å². The van der Waals surface area contributed by atoms with Crippen molar-refractivity contribution in [3.05, 3.63) is 54.1 Å². The molecule has 0 saturated carbocycles. The summed E-state index contributed by atoms with van der Waals surface area (Å²) in [5, 5.41) is 2.92. The Morgan fingerprint density at radius 3 is 2.35 bits per heavy atom. The topological polar surface area (TPSA) is 67.6 Å². The molecule has 2 aromatic carbocycles. The summed E-state index contributed by atoms with van der Waals surface area (Å²) in [6.07, 6.45) is 0.339. The normalized spacial score (nSPS) is 14.5. The van der Waals surface area contributed by atoms with Crippen molar-refractivity contribution in [2.75, 3.05) is 42.3 Å². The number of amides is 1. The van der Waals surface area contributed by atoms with Gasteiger partial charge in [-0.2, -0.15) is 0 Å². The number of carbonyl (C=O) groups excluding carboxylic acids is 1. The first kappa shape index (κ1) is 15.4. The van der Waals surface area contributed by atoms with Crippen LogP contribution < -0.4 is 16.0 Å². The predicted molar refractivity (Wildman–Crippen MR) is 92.7 cm³/mol. The largest absolute Gasteiger partial charge is 0.399 e. The molecule has 0 aliphatic carbocycles. The number of nitrogens with zero attached hydrogens (tertiary/aromatic N) is 1. The summed E-state index contributed by atoms with van der Waals surface area (Å²) in [5.41, 5.74) is 9.26. The zero-order valence-corrected chi connectivity index (χ0v) is 13.0. The molecule has 5 heteroatoms. The van der Waals surface area contributed by atoms with E-state index in [9.17, 15) is 4.79 Å². The van der Waals surface area contributed by atoms with E-state index in [-0.39, 0.29) is 5.91 Å². The minimum Gasteiger partial charge on any atom is -0.399 e. The first-order valence-electron chi connectivity index (χ1n) is 7.78. The van der Waals surface area contributed by atoms with Crippen LogP contribution in [0, 0.1) is 0 Å². The van der Waals surface area contributed by atoms with Crippen LogP contribution in [-0.4, -0.2) is 32.2 Å². The van der Waals surface area contributed by atoms with E-state index in [2.05, 4.69) is 10.2 Å².